The largest absolute Gasteiger partial charge is 0.462 e. The molecule has 0 saturated heterocycles. The molecule has 6 heteroatoms. The van der Waals surface area contributed by atoms with Crippen molar-refractivity contribution in [2.75, 3.05) is 17.7 Å². The lowest BCUT2D eigenvalue weighted by Crippen LogP contribution is -2.17. The second-order valence-electron chi connectivity index (χ2n) is 4.94. The zero-order valence-corrected chi connectivity index (χ0v) is 15.7. The van der Waals surface area contributed by atoms with E-state index in [-0.39, 0.29) is 5.91 Å². The third kappa shape index (κ3) is 5.69. The van der Waals surface area contributed by atoms with Crippen LogP contribution in [0.4, 0.5) is 5.69 Å². The van der Waals surface area contributed by atoms with Crippen molar-refractivity contribution in [3.8, 4) is 0 Å². The molecule has 0 atom stereocenters. The van der Waals surface area contributed by atoms with Crippen molar-refractivity contribution >= 4 is 45.3 Å². The highest BCUT2D eigenvalue weighted by Gasteiger charge is 2.13. The highest BCUT2D eigenvalue weighted by molar-refractivity contribution is 9.10. The van der Waals surface area contributed by atoms with Crippen LogP contribution in [-0.2, 0) is 15.3 Å². The van der Waals surface area contributed by atoms with Crippen LogP contribution >= 0.6 is 27.7 Å². The quantitative estimate of drug-likeness (QED) is 0.686. The van der Waals surface area contributed by atoms with Gasteiger partial charge < -0.3 is 10.1 Å². The molecule has 0 bridgehead atoms. The van der Waals surface area contributed by atoms with E-state index in [1.165, 1.54) is 11.8 Å². The van der Waals surface area contributed by atoms with Crippen LogP contribution in [0.25, 0.3) is 0 Å². The summed E-state index contributed by atoms with van der Waals surface area (Å²) in [6, 6.07) is 14.8. The first-order valence-corrected chi connectivity index (χ1v) is 9.43. The number of nitrogens with one attached hydrogen (secondary N) is 1. The maximum absolute atomic E-state index is 12.1. The van der Waals surface area contributed by atoms with E-state index in [9.17, 15) is 9.59 Å². The van der Waals surface area contributed by atoms with Crippen LogP contribution in [0.2, 0.25) is 0 Å². The summed E-state index contributed by atoms with van der Waals surface area (Å²) < 4.78 is 6.02. The Morgan fingerprint density at radius 2 is 1.96 bits per heavy atom. The molecule has 24 heavy (non-hydrogen) atoms. The second-order valence-corrected chi connectivity index (χ2v) is 6.84. The third-order valence-electron chi connectivity index (χ3n) is 3.09. The molecule has 126 valence electrons. The Hall–Kier alpha value is -1.79. The number of carbonyl (C=O) groups is 2. The number of ether oxygens (including phenoxy) is 1. The second kappa shape index (κ2) is 9.49. The first-order chi connectivity index (χ1) is 11.6. The molecule has 0 saturated carbocycles. The van der Waals surface area contributed by atoms with Crippen molar-refractivity contribution in [3.63, 3.8) is 0 Å². The average Bonchev–Trinajstić information content (AvgIpc) is 2.55. The summed E-state index contributed by atoms with van der Waals surface area (Å²) in [6.07, 6.45) is 0. The molecule has 1 N–H and O–H groups in total. The van der Waals surface area contributed by atoms with Gasteiger partial charge in [-0.25, -0.2) is 4.79 Å². The van der Waals surface area contributed by atoms with E-state index in [4.69, 9.17) is 4.74 Å². The molecule has 0 aromatic heterocycles. The topological polar surface area (TPSA) is 55.4 Å². The lowest BCUT2D eigenvalue weighted by molar-refractivity contribution is -0.113. The van der Waals surface area contributed by atoms with Gasteiger partial charge in [-0.3, -0.25) is 4.79 Å². The Bertz CT molecular complexity index is 721. The van der Waals surface area contributed by atoms with Crippen molar-refractivity contribution in [2.45, 2.75) is 12.7 Å². The fourth-order valence-electron chi connectivity index (χ4n) is 2.05. The molecule has 2 aromatic rings. The van der Waals surface area contributed by atoms with E-state index >= 15 is 0 Å². The minimum absolute atomic E-state index is 0.147. The molecule has 1 amide bonds. The highest BCUT2D eigenvalue weighted by atomic mass is 79.9. The van der Waals surface area contributed by atoms with Gasteiger partial charge in [0.15, 0.2) is 0 Å². The van der Waals surface area contributed by atoms with Gasteiger partial charge in [0.25, 0.3) is 0 Å². The van der Waals surface area contributed by atoms with E-state index in [1.54, 1.807) is 31.2 Å². The lowest BCUT2D eigenvalue weighted by atomic mass is 10.2. The Morgan fingerprint density at radius 1 is 1.17 bits per heavy atom. The number of esters is 1. The van der Waals surface area contributed by atoms with E-state index < -0.39 is 5.97 Å². The average molecular weight is 408 g/mol. The van der Waals surface area contributed by atoms with Crippen LogP contribution in [0.5, 0.6) is 0 Å². The fourth-order valence-corrected chi connectivity index (χ4v) is 3.28. The Morgan fingerprint density at radius 3 is 2.71 bits per heavy atom. The van der Waals surface area contributed by atoms with Gasteiger partial charge in [0.2, 0.25) is 5.91 Å². The summed E-state index contributed by atoms with van der Waals surface area (Å²) in [5, 5.41) is 2.78. The Balaban J connectivity index is 1.89. The van der Waals surface area contributed by atoms with Crippen LogP contribution in [0.15, 0.2) is 53.0 Å². The minimum atomic E-state index is -0.435. The molecule has 2 aromatic carbocycles. The van der Waals surface area contributed by atoms with Crippen molar-refractivity contribution in [2.24, 2.45) is 0 Å². The van der Waals surface area contributed by atoms with Gasteiger partial charge in [-0.2, -0.15) is 0 Å². The van der Waals surface area contributed by atoms with E-state index in [0.29, 0.717) is 23.6 Å². The number of carbonyl (C=O) groups excluding carboxylic acids is 2. The van der Waals surface area contributed by atoms with Gasteiger partial charge in [-0.1, -0.05) is 40.2 Å². The van der Waals surface area contributed by atoms with E-state index in [1.807, 2.05) is 24.3 Å². The summed E-state index contributed by atoms with van der Waals surface area (Å²) in [7, 11) is 0. The van der Waals surface area contributed by atoms with Crippen LogP contribution in [0.3, 0.4) is 0 Å². The van der Waals surface area contributed by atoms with Gasteiger partial charge in [0.1, 0.15) is 0 Å². The molecule has 0 aliphatic carbocycles. The molecule has 0 aliphatic rings. The van der Waals surface area contributed by atoms with Crippen molar-refractivity contribution in [1.29, 1.82) is 0 Å². The van der Waals surface area contributed by atoms with Gasteiger partial charge >= 0.3 is 5.97 Å². The molecular weight excluding hydrogens is 390 g/mol. The molecule has 4 nitrogen and oxygen atoms in total. The van der Waals surface area contributed by atoms with Gasteiger partial charge in [-0.05, 0) is 36.8 Å². The van der Waals surface area contributed by atoms with E-state index in [0.717, 1.165) is 15.8 Å². The number of anilines is 1. The third-order valence-corrected chi connectivity index (χ3v) is 4.58. The summed E-state index contributed by atoms with van der Waals surface area (Å²) in [6.45, 7) is 2.04. The number of benzene rings is 2. The lowest BCUT2D eigenvalue weighted by Gasteiger charge is -2.10. The van der Waals surface area contributed by atoms with Crippen molar-refractivity contribution < 1.29 is 14.3 Å². The first-order valence-electron chi connectivity index (χ1n) is 7.48. The number of halogens is 1. The molecule has 0 aliphatic heterocycles. The molecule has 0 spiro atoms. The van der Waals surface area contributed by atoms with Crippen molar-refractivity contribution in [1.82, 2.24) is 0 Å². The van der Waals surface area contributed by atoms with Crippen molar-refractivity contribution in [3.05, 3.63) is 64.1 Å². The van der Waals surface area contributed by atoms with Crippen LogP contribution in [-0.4, -0.2) is 24.2 Å². The summed E-state index contributed by atoms with van der Waals surface area (Å²) in [5.74, 6) is 0.470. The molecule has 0 heterocycles. The first kappa shape index (κ1) is 18.5. The van der Waals surface area contributed by atoms with Crippen LogP contribution in [0, 0.1) is 0 Å². The number of para-hydroxylation sites is 1. The summed E-state index contributed by atoms with van der Waals surface area (Å²) >= 11 is 4.95. The standard InChI is InChI=1S/C18H18BrNO3S/c1-2-23-18(22)15-8-3-4-9-16(15)20-17(21)12-24-11-13-6-5-7-14(19)10-13/h3-10H,2,11-12H2,1H3,(H,20,21). The number of amides is 1. The number of rotatable bonds is 7. The zero-order valence-electron chi connectivity index (χ0n) is 13.3. The highest BCUT2D eigenvalue weighted by Crippen LogP contribution is 2.19. The number of thioether (sulfide) groups is 1. The van der Waals surface area contributed by atoms with Crippen LogP contribution in [0.1, 0.15) is 22.8 Å². The monoisotopic (exact) mass is 407 g/mol. The van der Waals surface area contributed by atoms with Gasteiger partial charge in [-0.15, -0.1) is 11.8 Å². The maximum atomic E-state index is 12.1. The smallest absolute Gasteiger partial charge is 0.340 e. The van der Waals surface area contributed by atoms with Gasteiger partial charge in [0.05, 0.1) is 23.6 Å². The predicted molar refractivity (Wildman–Crippen MR) is 101 cm³/mol. The molecule has 0 fully saturated rings. The summed E-state index contributed by atoms with van der Waals surface area (Å²) in [5.41, 5.74) is 1.99. The zero-order chi connectivity index (χ0) is 17.4. The predicted octanol–water partition coefficient (Wildman–Crippen LogP) is 4.50. The van der Waals surface area contributed by atoms with Crippen LogP contribution < -0.4 is 5.32 Å². The van der Waals surface area contributed by atoms with Gasteiger partial charge in [0, 0.05) is 10.2 Å². The normalized spacial score (nSPS) is 10.2. The maximum Gasteiger partial charge on any atom is 0.340 e. The molecule has 0 radical (unpaired) electrons. The minimum Gasteiger partial charge on any atom is -0.462 e. The number of hydrogen-bond acceptors (Lipinski definition) is 4. The molecular formula is C18H18BrNO3S. The SMILES string of the molecule is CCOC(=O)c1ccccc1NC(=O)CSCc1cccc(Br)c1. The molecule has 0 unspecified atom stereocenters. The Labute approximate surface area is 154 Å². The fraction of sp³-hybridized carbons (Fsp3) is 0.222. The van der Waals surface area contributed by atoms with E-state index in [2.05, 4.69) is 21.2 Å². The molecule has 2 rings (SSSR count). The Kier molecular flexibility index (Phi) is 7.34. The number of hydrogen-bond donors (Lipinski definition) is 1. The summed E-state index contributed by atoms with van der Waals surface area (Å²) in [4.78, 5) is 24.0.